The zero-order valence-electron chi connectivity index (χ0n) is 18.2. The molecule has 2 rings (SSSR count). The molecule has 172 valence electrons. The number of hydrogen-bond donors (Lipinski definition) is 1. The number of nitrogens with zero attached hydrogens (tertiary/aromatic N) is 4. The first-order valence-corrected chi connectivity index (χ1v) is 9.74. The van der Waals surface area contributed by atoms with Crippen LogP contribution in [0.4, 0.5) is 13.2 Å². The molecule has 1 aromatic rings. The highest BCUT2D eigenvalue weighted by molar-refractivity contribution is 14.0. The molecule has 2 atom stereocenters. The molecule has 0 bridgehead atoms. The number of benzene rings is 1. The van der Waals surface area contributed by atoms with E-state index in [0.717, 1.165) is 11.3 Å². The number of alkyl halides is 3. The topological polar surface area (TPSA) is 43.3 Å². The van der Waals surface area contributed by atoms with Gasteiger partial charge in [-0.1, -0.05) is 18.2 Å². The van der Waals surface area contributed by atoms with Gasteiger partial charge in [0.15, 0.2) is 5.96 Å². The molecule has 2 unspecified atom stereocenters. The quantitative estimate of drug-likeness (QED) is 0.340. The standard InChI is InChI=1S/C20H32F3N5O.HI/c1-15(20(21,22)23)27-10-12-28(13-11-27)19(24-2)25-14-17(26(3)4)16-8-6-7-9-18(16)29-5;/h6-9,15,17H,10-14H2,1-5H3,(H,24,25);1H. The lowest BCUT2D eigenvalue weighted by Crippen LogP contribution is -2.57. The molecule has 1 aliphatic heterocycles. The van der Waals surface area contributed by atoms with Gasteiger partial charge in [0.1, 0.15) is 11.8 Å². The first kappa shape index (κ1) is 26.8. The molecule has 0 radical (unpaired) electrons. The third kappa shape index (κ3) is 6.88. The van der Waals surface area contributed by atoms with E-state index in [-0.39, 0.29) is 30.0 Å². The van der Waals surface area contributed by atoms with E-state index < -0.39 is 12.2 Å². The number of hydrogen-bond acceptors (Lipinski definition) is 4. The van der Waals surface area contributed by atoms with Crippen LogP contribution in [0.25, 0.3) is 0 Å². The van der Waals surface area contributed by atoms with E-state index in [0.29, 0.717) is 38.7 Å². The zero-order valence-corrected chi connectivity index (χ0v) is 20.6. The van der Waals surface area contributed by atoms with Crippen molar-refractivity contribution >= 4 is 29.9 Å². The van der Waals surface area contributed by atoms with Crippen molar-refractivity contribution in [1.82, 2.24) is 20.0 Å². The van der Waals surface area contributed by atoms with Crippen molar-refractivity contribution in [2.24, 2.45) is 4.99 Å². The SMILES string of the molecule is CN=C(NCC(c1ccccc1OC)N(C)C)N1CCN(C(C)C(F)(F)F)CC1.I. The summed E-state index contributed by atoms with van der Waals surface area (Å²) in [5, 5.41) is 3.38. The third-order valence-electron chi connectivity index (χ3n) is 5.42. The molecule has 0 aliphatic carbocycles. The summed E-state index contributed by atoms with van der Waals surface area (Å²) in [5.41, 5.74) is 1.06. The van der Waals surface area contributed by atoms with Crippen LogP contribution < -0.4 is 10.1 Å². The lowest BCUT2D eigenvalue weighted by atomic mass is 10.0. The Morgan fingerprint density at radius 3 is 2.30 bits per heavy atom. The van der Waals surface area contributed by atoms with Gasteiger partial charge in [0.25, 0.3) is 0 Å². The number of methoxy groups -OCH3 is 1. The molecule has 0 spiro atoms. The van der Waals surface area contributed by atoms with Gasteiger partial charge in [-0.15, -0.1) is 24.0 Å². The number of aliphatic imine (C=N–C) groups is 1. The van der Waals surface area contributed by atoms with Gasteiger partial charge in [-0.2, -0.15) is 13.2 Å². The maximum absolute atomic E-state index is 13.0. The number of halogens is 4. The minimum Gasteiger partial charge on any atom is -0.496 e. The maximum Gasteiger partial charge on any atom is 0.403 e. The first-order chi connectivity index (χ1) is 13.7. The Morgan fingerprint density at radius 2 is 1.80 bits per heavy atom. The lowest BCUT2D eigenvalue weighted by molar-refractivity contribution is -0.181. The van der Waals surface area contributed by atoms with Gasteiger partial charge in [-0.3, -0.25) is 9.89 Å². The largest absolute Gasteiger partial charge is 0.496 e. The van der Waals surface area contributed by atoms with Gasteiger partial charge in [0.2, 0.25) is 0 Å². The minimum absolute atomic E-state index is 0. The first-order valence-electron chi connectivity index (χ1n) is 9.74. The highest BCUT2D eigenvalue weighted by atomic mass is 127. The highest BCUT2D eigenvalue weighted by Gasteiger charge is 2.41. The predicted octanol–water partition coefficient (Wildman–Crippen LogP) is 3.06. The van der Waals surface area contributed by atoms with Crippen molar-refractivity contribution < 1.29 is 17.9 Å². The number of piperazine rings is 1. The summed E-state index contributed by atoms with van der Waals surface area (Å²) in [6, 6.07) is 6.50. The lowest BCUT2D eigenvalue weighted by Gasteiger charge is -2.40. The van der Waals surface area contributed by atoms with Gasteiger partial charge in [-0.25, -0.2) is 0 Å². The average Bonchev–Trinajstić information content (AvgIpc) is 2.70. The van der Waals surface area contributed by atoms with Crippen LogP contribution in [0, 0.1) is 0 Å². The number of guanidine groups is 1. The van der Waals surface area contributed by atoms with Gasteiger partial charge < -0.3 is 19.9 Å². The number of ether oxygens (including phenoxy) is 1. The highest BCUT2D eigenvalue weighted by Crippen LogP contribution is 2.28. The molecule has 10 heteroatoms. The van der Waals surface area contributed by atoms with Gasteiger partial charge >= 0.3 is 6.18 Å². The summed E-state index contributed by atoms with van der Waals surface area (Å²) < 4.78 is 44.4. The van der Waals surface area contributed by atoms with Gasteiger partial charge in [-0.05, 0) is 27.1 Å². The average molecular weight is 543 g/mol. The Balaban J connectivity index is 0.00000450. The summed E-state index contributed by atoms with van der Waals surface area (Å²) in [5.74, 6) is 1.52. The Kier molecular flexibility index (Phi) is 10.7. The molecule has 1 heterocycles. The van der Waals surface area contributed by atoms with Crippen molar-refractivity contribution in [3.63, 3.8) is 0 Å². The fourth-order valence-electron chi connectivity index (χ4n) is 3.56. The van der Waals surface area contributed by atoms with E-state index in [1.165, 1.54) is 11.8 Å². The van der Waals surface area contributed by atoms with E-state index in [1.807, 2.05) is 43.3 Å². The van der Waals surface area contributed by atoms with Crippen LogP contribution in [-0.4, -0.2) is 93.9 Å². The molecule has 0 aromatic heterocycles. The van der Waals surface area contributed by atoms with Crippen LogP contribution in [0.2, 0.25) is 0 Å². The second-order valence-corrected chi connectivity index (χ2v) is 7.39. The number of nitrogens with one attached hydrogen (secondary N) is 1. The smallest absolute Gasteiger partial charge is 0.403 e. The van der Waals surface area contributed by atoms with Crippen molar-refractivity contribution in [2.75, 3.05) is 61.0 Å². The van der Waals surface area contributed by atoms with Crippen LogP contribution >= 0.6 is 24.0 Å². The van der Waals surface area contributed by atoms with Crippen molar-refractivity contribution in [2.45, 2.75) is 25.2 Å². The van der Waals surface area contributed by atoms with E-state index in [1.54, 1.807) is 14.2 Å². The molecule has 1 aromatic carbocycles. The molecule has 1 fully saturated rings. The van der Waals surface area contributed by atoms with Crippen LogP contribution in [0.1, 0.15) is 18.5 Å². The molecule has 0 amide bonds. The number of rotatable bonds is 6. The Bertz CT molecular complexity index is 679. The molecule has 6 nitrogen and oxygen atoms in total. The summed E-state index contributed by atoms with van der Waals surface area (Å²) in [6.07, 6.45) is -4.20. The van der Waals surface area contributed by atoms with Crippen molar-refractivity contribution in [3.05, 3.63) is 29.8 Å². The second kappa shape index (κ2) is 11.9. The maximum atomic E-state index is 13.0. The van der Waals surface area contributed by atoms with Gasteiger partial charge in [0.05, 0.1) is 13.2 Å². The molecular formula is C20H33F3IN5O. The Labute approximate surface area is 194 Å². The molecule has 1 saturated heterocycles. The van der Waals surface area contributed by atoms with E-state index in [4.69, 9.17) is 4.74 Å². The van der Waals surface area contributed by atoms with Crippen molar-refractivity contribution in [1.29, 1.82) is 0 Å². The van der Waals surface area contributed by atoms with Crippen LogP contribution in [0.3, 0.4) is 0 Å². The van der Waals surface area contributed by atoms with Crippen LogP contribution in [0.5, 0.6) is 5.75 Å². The molecular weight excluding hydrogens is 510 g/mol. The van der Waals surface area contributed by atoms with E-state index >= 15 is 0 Å². The Morgan fingerprint density at radius 1 is 1.20 bits per heavy atom. The minimum atomic E-state index is -4.20. The summed E-state index contributed by atoms with van der Waals surface area (Å²) >= 11 is 0. The number of likely N-dealkylation sites (N-methyl/N-ethyl adjacent to an activating group) is 1. The summed E-state index contributed by atoms with van der Waals surface area (Å²) in [7, 11) is 7.35. The van der Waals surface area contributed by atoms with E-state index in [9.17, 15) is 13.2 Å². The van der Waals surface area contributed by atoms with E-state index in [2.05, 4.69) is 15.2 Å². The predicted molar refractivity (Wildman–Crippen MR) is 125 cm³/mol. The normalized spacial score (nSPS) is 18.0. The van der Waals surface area contributed by atoms with Crippen LogP contribution in [-0.2, 0) is 0 Å². The van der Waals surface area contributed by atoms with Crippen LogP contribution in [0.15, 0.2) is 29.3 Å². The molecule has 1 aliphatic rings. The second-order valence-electron chi connectivity index (χ2n) is 7.39. The molecule has 30 heavy (non-hydrogen) atoms. The Hall–Kier alpha value is -1.27. The third-order valence-corrected chi connectivity index (χ3v) is 5.42. The zero-order chi connectivity index (χ0) is 21.6. The van der Waals surface area contributed by atoms with Crippen molar-refractivity contribution in [3.8, 4) is 5.75 Å². The number of para-hydroxylation sites is 1. The van der Waals surface area contributed by atoms with Gasteiger partial charge in [0, 0.05) is 45.3 Å². The molecule has 1 N–H and O–H groups in total. The monoisotopic (exact) mass is 543 g/mol. The fourth-order valence-corrected chi connectivity index (χ4v) is 3.56. The summed E-state index contributed by atoms with van der Waals surface area (Å²) in [6.45, 7) is 3.52. The summed E-state index contributed by atoms with van der Waals surface area (Å²) in [4.78, 5) is 9.92. The molecule has 0 saturated carbocycles. The fraction of sp³-hybridized carbons (Fsp3) is 0.650.